The summed E-state index contributed by atoms with van der Waals surface area (Å²) in [5.74, 6) is -0.372. The molecule has 2 rings (SSSR count). The molecule has 2 nitrogen and oxygen atoms in total. The number of halogens is 2. The molecule has 1 atom stereocenters. The molecule has 0 radical (unpaired) electrons. The van der Waals surface area contributed by atoms with E-state index in [0.29, 0.717) is 0 Å². The van der Waals surface area contributed by atoms with E-state index in [1.807, 2.05) is 0 Å². The number of nitrogens with zero attached hydrogens (tertiary/aromatic N) is 1. The fraction of sp³-hybridized carbons (Fsp3) is 0.538. The van der Waals surface area contributed by atoms with Crippen LogP contribution in [0, 0.1) is 11.2 Å². The molecule has 1 aliphatic rings. The van der Waals surface area contributed by atoms with Crippen LogP contribution in [0.4, 0.5) is 10.1 Å². The van der Waals surface area contributed by atoms with Crippen molar-refractivity contribution >= 4 is 17.3 Å². The van der Waals surface area contributed by atoms with Gasteiger partial charge in [0.05, 0.1) is 5.02 Å². The summed E-state index contributed by atoms with van der Waals surface area (Å²) in [6, 6.07) is 5.09. The Bertz CT molecular complexity index is 420. The van der Waals surface area contributed by atoms with Crippen molar-refractivity contribution in [2.45, 2.75) is 26.3 Å². The van der Waals surface area contributed by atoms with Crippen LogP contribution in [0.25, 0.3) is 0 Å². The number of hydrogen-bond donors (Lipinski definition) is 1. The predicted molar refractivity (Wildman–Crippen MR) is 70.0 cm³/mol. The van der Waals surface area contributed by atoms with Gasteiger partial charge in [-0.05, 0) is 30.0 Å². The fourth-order valence-electron chi connectivity index (χ4n) is 2.28. The zero-order valence-corrected chi connectivity index (χ0v) is 11.0. The van der Waals surface area contributed by atoms with E-state index in [1.165, 1.54) is 6.07 Å². The molecule has 4 heteroatoms. The van der Waals surface area contributed by atoms with Crippen LogP contribution < -0.4 is 10.6 Å². The van der Waals surface area contributed by atoms with Crippen LogP contribution >= 0.6 is 11.6 Å². The van der Waals surface area contributed by atoms with E-state index >= 15 is 0 Å². The zero-order chi connectivity index (χ0) is 12.6. The van der Waals surface area contributed by atoms with Crippen LogP contribution in [0.3, 0.4) is 0 Å². The summed E-state index contributed by atoms with van der Waals surface area (Å²) >= 11 is 5.81. The van der Waals surface area contributed by atoms with Gasteiger partial charge in [-0.15, -0.1) is 0 Å². The summed E-state index contributed by atoms with van der Waals surface area (Å²) in [5.41, 5.74) is 7.13. The smallest absolute Gasteiger partial charge is 0.141 e. The third-order valence-electron chi connectivity index (χ3n) is 3.58. The number of rotatable bonds is 1. The van der Waals surface area contributed by atoms with Crippen molar-refractivity contribution < 1.29 is 4.39 Å². The topological polar surface area (TPSA) is 29.3 Å². The number of nitrogens with two attached hydrogens (primary N) is 1. The SMILES string of the molecule is CC1(C)CN(c2ccc(F)c(Cl)c2)CCC1N. The van der Waals surface area contributed by atoms with Crippen LogP contribution in [0.2, 0.25) is 5.02 Å². The lowest BCUT2D eigenvalue weighted by Gasteiger charge is -2.43. The molecule has 0 spiro atoms. The Labute approximate surface area is 107 Å². The van der Waals surface area contributed by atoms with Crippen LogP contribution in [-0.4, -0.2) is 19.1 Å². The lowest BCUT2D eigenvalue weighted by Crippen LogP contribution is -2.52. The number of hydrogen-bond acceptors (Lipinski definition) is 2. The molecule has 2 N–H and O–H groups in total. The number of benzene rings is 1. The van der Waals surface area contributed by atoms with Crippen LogP contribution in [-0.2, 0) is 0 Å². The predicted octanol–water partition coefficient (Wildman–Crippen LogP) is 3.04. The summed E-state index contributed by atoms with van der Waals surface area (Å²) in [6.45, 7) is 6.09. The lowest BCUT2D eigenvalue weighted by molar-refractivity contribution is 0.245. The minimum Gasteiger partial charge on any atom is -0.371 e. The second kappa shape index (κ2) is 4.46. The van der Waals surface area contributed by atoms with E-state index < -0.39 is 0 Å². The highest BCUT2D eigenvalue weighted by atomic mass is 35.5. The van der Waals surface area contributed by atoms with Crippen molar-refractivity contribution in [2.24, 2.45) is 11.1 Å². The Morgan fingerprint density at radius 3 is 2.76 bits per heavy atom. The maximum atomic E-state index is 13.1. The Kier molecular flexibility index (Phi) is 3.32. The molecular formula is C13H18ClFN2. The van der Waals surface area contributed by atoms with Crippen molar-refractivity contribution in [1.82, 2.24) is 0 Å². The highest BCUT2D eigenvalue weighted by molar-refractivity contribution is 6.31. The third kappa shape index (κ3) is 2.55. The molecule has 1 aliphatic heterocycles. The molecule has 0 saturated carbocycles. The van der Waals surface area contributed by atoms with Gasteiger partial charge < -0.3 is 10.6 Å². The van der Waals surface area contributed by atoms with Gasteiger partial charge in [0.1, 0.15) is 5.82 Å². The molecule has 1 aromatic rings. The van der Waals surface area contributed by atoms with Gasteiger partial charge in [0.15, 0.2) is 0 Å². The summed E-state index contributed by atoms with van der Waals surface area (Å²) < 4.78 is 13.1. The molecule has 17 heavy (non-hydrogen) atoms. The monoisotopic (exact) mass is 256 g/mol. The molecule has 94 valence electrons. The van der Waals surface area contributed by atoms with Crippen LogP contribution in [0.5, 0.6) is 0 Å². The summed E-state index contributed by atoms with van der Waals surface area (Å²) in [4.78, 5) is 2.22. The van der Waals surface area contributed by atoms with Gasteiger partial charge in [-0.25, -0.2) is 4.39 Å². The van der Waals surface area contributed by atoms with Crippen molar-refractivity contribution in [3.63, 3.8) is 0 Å². The third-order valence-corrected chi connectivity index (χ3v) is 3.87. The van der Waals surface area contributed by atoms with Gasteiger partial charge in [-0.1, -0.05) is 25.4 Å². The molecule has 0 bridgehead atoms. The van der Waals surface area contributed by atoms with Crippen LogP contribution in [0.15, 0.2) is 18.2 Å². The summed E-state index contributed by atoms with van der Waals surface area (Å²) in [5, 5.41) is 0.176. The average molecular weight is 257 g/mol. The van der Waals surface area contributed by atoms with E-state index in [9.17, 15) is 4.39 Å². The molecular weight excluding hydrogens is 239 g/mol. The first-order chi connectivity index (χ1) is 7.90. The van der Waals surface area contributed by atoms with E-state index in [4.69, 9.17) is 17.3 Å². The van der Waals surface area contributed by atoms with Gasteiger partial charge in [-0.2, -0.15) is 0 Å². The molecule has 1 aromatic carbocycles. The molecule has 1 fully saturated rings. The first-order valence-electron chi connectivity index (χ1n) is 5.86. The maximum Gasteiger partial charge on any atom is 0.141 e. The Hall–Kier alpha value is -0.800. The fourth-order valence-corrected chi connectivity index (χ4v) is 2.45. The quantitative estimate of drug-likeness (QED) is 0.837. The normalized spacial score (nSPS) is 23.8. The first kappa shape index (κ1) is 12.7. The second-order valence-corrected chi connectivity index (χ2v) is 5.81. The minimum atomic E-state index is -0.372. The van der Waals surface area contributed by atoms with E-state index in [-0.39, 0.29) is 22.3 Å². The van der Waals surface area contributed by atoms with Crippen molar-refractivity contribution in [3.8, 4) is 0 Å². The Morgan fingerprint density at radius 2 is 2.18 bits per heavy atom. The van der Waals surface area contributed by atoms with Crippen molar-refractivity contribution in [1.29, 1.82) is 0 Å². The standard InChI is InChI=1S/C13H18ClFN2/c1-13(2)8-17(6-5-12(13)16)9-3-4-11(15)10(14)7-9/h3-4,7,12H,5-6,8,16H2,1-2H3. The van der Waals surface area contributed by atoms with Gasteiger partial charge in [0.2, 0.25) is 0 Å². The maximum absolute atomic E-state index is 13.1. The highest BCUT2D eigenvalue weighted by Gasteiger charge is 2.33. The molecule has 0 aliphatic carbocycles. The number of piperidine rings is 1. The van der Waals surface area contributed by atoms with Crippen molar-refractivity contribution in [2.75, 3.05) is 18.0 Å². The number of anilines is 1. The average Bonchev–Trinajstić information content (AvgIpc) is 2.26. The molecule has 1 heterocycles. The molecule has 1 unspecified atom stereocenters. The Balaban J connectivity index is 2.21. The van der Waals surface area contributed by atoms with Gasteiger partial charge in [0.25, 0.3) is 0 Å². The second-order valence-electron chi connectivity index (χ2n) is 5.40. The molecule has 0 aromatic heterocycles. The largest absolute Gasteiger partial charge is 0.371 e. The molecule has 1 saturated heterocycles. The summed E-state index contributed by atoms with van der Waals surface area (Å²) in [6.07, 6.45) is 0.946. The van der Waals surface area contributed by atoms with Crippen molar-refractivity contribution in [3.05, 3.63) is 29.0 Å². The zero-order valence-electron chi connectivity index (χ0n) is 10.2. The van der Waals surface area contributed by atoms with E-state index in [0.717, 1.165) is 25.2 Å². The minimum absolute atomic E-state index is 0.0686. The molecule has 0 amide bonds. The Morgan fingerprint density at radius 1 is 1.47 bits per heavy atom. The summed E-state index contributed by atoms with van der Waals surface area (Å²) in [7, 11) is 0. The van der Waals surface area contributed by atoms with E-state index in [2.05, 4.69) is 18.7 Å². The van der Waals surface area contributed by atoms with Gasteiger partial charge in [-0.3, -0.25) is 0 Å². The van der Waals surface area contributed by atoms with Crippen LogP contribution in [0.1, 0.15) is 20.3 Å². The van der Waals surface area contributed by atoms with Gasteiger partial charge in [0, 0.05) is 24.8 Å². The lowest BCUT2D eigenvalue weighted by atomic mass is 9.79. The first-order valence-corrected chi connectivity index (χ1v) is 6.23. The highest BCUT2D eigenvalue weighted by Crippen LogP contribution is 2.32. The van der Waals surface area contributed by atoms with Gasteiger partial charge >= 0.3 is 0 Å². The van der Waals surface area contributed by atoms with E-state index in [1.54, 1.807) is 12.1 Å².